The number of esters is 1. The highest BCUT2D eigenvalue weighted by atomic mass is 127. The quantitative estimate of drug-likeness (QED) is 0.406. The summed E-state index contributed by atoms with van der Waals surface area (Å²) in [6.45, 7) is 6.48. The van der Waals surface area contributed by atoms with Crippen molar-refractivity contribution in [1.29, 1.82) is 0 Å². The number of ether oxygens (including phenoxy) is 1. The average molecular weight is 469 g/mol. The number of carbonyl (C=O) groups excluding carboxylic acids is 1. The minimum atomic E-state index is -0.290. The first-order valence-electron chi connectivity index (χ1n) is 8.23. The van der Waals surface area contributed by atoms with E-state index < -0.39 is 0 Å². The van der Waals surface area contributed by atoms with Gasteiger partial charge in [0.25, 0.3) is 0 Å². The number of hydrogen-bond donors (Lipinski definition) is 1. The summed E-state index contributed by atoms with van der Waals surface area (Å²) in [6, 6.07) is 4.38. The molecule has 25 heavy (non-hydrogen) atoms. The monoisotopic (exact) mass is 469 g/mol. The van der Waals surface area contributed by atoms with Crippen LogP contribution in [-0.2, 0) is 4.74 Å². The van der Waals surface area contributed by atoms with Gasteiger partial charge in [-0.2, -0.15) is 0 Å². The molecule has 0 amide bonds. The van der Waals surface area contributed by atoms with Crippen molar-refractivity contribution in [3.8, 4) is 10.4 Å². The molecule has 0 aliphatic rings. The van der Waals surface area contributed by atoms with Crippen LogP contribution < -0.4 is 5.32 Å². The molecule has 5 nitrogen and oxygen atoms in total. The Morgan fingerprint density at radius 2 is 2.20 bits per heavy atom. The fraction of sp³-hybridized carbons (Fsp3) is 0.333. The van der Waals surface area contributed by atoms with Gasteiger partial charge in [0, 0.05) is 33.8 Å². The normalized spacial score (nSPS) is 12.3. The summed E-state index contributed by atoms with van der Waals surface area (Å²) >= 11 is 3.93. The number of fused-ring (bicyclic) bond motifs is 1. The molecule has 7 heteroatoms. The van der Waals surface area contributed by atoms with E-state index in [1.54, 1.807) is 11.3 Å². The SMILES string of the molecule is CCOC(=O)c1cc2c(I)cc(-c3cnc(N[C@H](C)CC)s3)cn2c1. The number of carbonyl (C=O) groups is 1. The van der Waals surface area contributed by atoms with Gasteiger partial charge in [0.05, 0.1) is 22.6 Å². The predicted octanol–water partition coefficient (Wildman–Crippen LogP) is 5.05. The van der Waals surface area contributed by atoms with Crippen molar-refractivity contribution < 1.29 is 9.53 Å². The van der Waals surface area contributed by atoms with Crippen LogP contribution in [0.25, 0.3) is 16.0 Å². The molecule has 1 atom stereocenters. The lowest BCUT2D eigenvalue weighted by Crippen LogP contribution is -2.12. The topological polar surface area (TPSA) is 55.6 Å². The minimum Gasteiger partial charge on any atom is -0.462 e. The number of nitrogens with one attached hydrogen (secondary N) is 1. The number of halogens is 1. The predicted molar refractivity (Wildman–Crippen MR) is 111 cm³/mol. The van der Waals surface area contributed by atoms with Crippen molar-refractivity contribution in [3.05, 3.63) is 39.9 Å². The van der Waals surface area contributed by atoms with Crippen molar-refractivity contribution >= 4 is 50.5 Å². The summed E-state index contributed by atoms with van der Waals surface area (Å²) in [4.78, 5) is 17.5. The maximum atomic E-state index is 12.0. The van der Waals surface area contributed by atoms with Gasteiger partial charge in [0.2, 0.25) is 0 Å². The molecule has 0 saturated heterocycles. The molecule has 0 aliphatic heterocycles. The van der Waals surface area contributed by atoms with Gasteiger partial charge < -0.3 is 14.5 Å². The molecule has 0 aromatic carbocycles. The Morgan fingerprint density at radius 1 is 1.40 bits per heavy atom. The second kappa shape index (κ2) is 7.74. The Balaban J connectivity index is 1.94. The molecule has 0 fully saturated rings. The van der Waals surface area contributed by atoms with Gasteiger partial charge in [-0.05, 0) is 55.0 Å². The highest BCUT2D eigenvalue weighted by molar-refractivity contribution is 14.1. The maximum Gasteiger partial charge on any atom is 0.339 e. The van der Waals surface area contributed by atoms with Crippen LogP contribution in [0.2, 0.25) is 0 Å². The smallest absolute Gasteiger partial charge is 0.339 e. The summed E-state index contributed by atoms with van der Waals surface area (Å²) in [6.07, 6.45) is 6.79. The highest BCUT2D eigenvalue weighted by Gasteiger charge is 2.14. The van der Waals surface area contributed by atoms with Crippen LogP contribution in [0.3, 0.4) is 0 Å². The molecule has 0 aliphatic carbocycles. The zero-order valence-corrected chi connectivity index (χ0v) is 17.3. The van der Waals surface area contributed by atoms with Crippen LogP contribution in [0.15, 0.2) is 30.7 Å². The van der Waals surface area contributed by atoms with Crippen molar-refractivity contribution in [1.82, 2.24) is 9.38 Å². The van der Waals surface area contributed by atoms with Crippen LogP contribution in [0.4, 0.5) is 5.13 Å². The maximum absolute atomic E-state index is 12.0. The first-order chi connectivity index (χ1) is 12.0. The molecule has 3 aromatic rings. The van der Waals surface area contributed by atoms with E-state index in [1.807, 2.05) is 36.0 Å². The molecule has 132 valence electrons. The first-order valence-corrected chi connectivity index (χ1v) is 10.1. The molecule has 0 spiro atoms. The second-order valence-electron chi connectivity index (χ2n) is 5.80. The van der Waals surface area contributed by atoms with Crippen molar-refractivity contribution in [3.63, 3.8) is 0 Å². The minimum absolute atomic E-state index is 0.290. The first kappa shape index (κ1) is 18.2. The summed E-state index contributed by atoms with van der Waals surface area (Å²) < 4.78 is 8.15. The van der Waals surface area contributed by atoms with E-state index in [1.165, 1.54) is 0 Å². The van der Waals surface area contributed by atoms with E-state index in [4.69, 9.17) is 4.74 Å². The molecular formula is C18H20IN3O2S. The zero-order valence-electron chi connectivity index (χ0n) is 14.4. The molecular weight excluding hydrogens is 449 g/mol. The molecule has 3 rings (SSSR count). The average Bonchev–Trinajstić information content (AvgIpc) is 3.22. The van der Waals surface area contributed by atoms with E-state index in [-0.39, 0.29) is 5.97 Å². The molecule has 3 aromatic heterocycles. The Morgan fingerprint density at radius 3 is 2.92 bits per heavy atom. The lowest BCUT2D eigenvalue weighted by atomic mass is 10.2. The fourth-order valence-electron chi connectivity index (χ4n) is 2.42. The second-order valence-corrected chi connectivity index (χ2v) is 7.99. The van der Waals surface area contributed by atoms with E-state index in [0.29, 0.717) is 18.2 Å². The van der Waals surface area contributed by atoms with Gasteiger partial charge >= 0.3 is 5.97 Å². The van der Waals surface area contributed by atoms with Gasteiger partial charge in [0.15, 0.2) is 5.13 Å². The van der Waals surface area contributed by atoms with Gasteiger partial charge in [0.1, 0.15) is 0 Å². The molecule has 0 saturated carbocycles. The number of pyridine rings is 1. The van der Waals surface area contributed by atoms with E-state index in [0.717, 1.165) is 31.1 Å². The number of thiazole rings is 1. The van der Waals surface area contributed by atoms with Crippen LogP contribution in [0.1, 0.15) is 37.6 Å². The number of nitrogens with zero attached hydrogens (tertiary/aromatic N) is 2. The van der Waals surface area contributed by atoms with Gasteiger partial charge in [-0.1, -0.05) is 18.3 Å². The molecule has 1 N–H and O–H groups in total. The van der Waals surface area contributed by atoms with Crippen molar-refractivity contribution in [2.75, 3.05) is 11.9 Å². The third-order valence-corrected chi connectivity index (χ3v) is 5.78. The van der Waals surface area contributed by atoms with E-state index >= 15 is 0 Å². The van der Waals surface area contributed by atoms with Gasteiger partial charge in [-0.3, -0.25) is 0 Å². The molecule has 0 radical (unpaired) electrons. The fourth-order valence-corrected chi connectivity index (χ4v) is 4.10. The Kier molecular flexibility index (Phi) is 5.63. The number of aromatic nitrogens is 2. The van der Waals surface area contributed by atoms with Crippen LogP contribution in [0, 0.1) is 3.57 Å². The lowest BCUT2D eigenvalue weighted by molar-refractivity contribution is 0.0526. The Labute approximate surface area is 164 Å². The lowest BCUT2D eigenvalue weighted by Gasteiger charge is -2.08. The molecule has 0 bridgehead atoms. The Hall–Kier alpha value is -1.61. The van der Waals surface area contributed by atoms with Crippen LogP contribution in [-0.4, -0.2) is 28.0 Å². The number of anilines is 1. The Bertz CT molecular complexity index is 903. The van der Waals surface area contributed by atoms with Gasteiger partial charge in [-0.15, -0.1) is 0 Å². The van der Waals surface area contributed by atoms with Crippen molar-refractivity contribution in [2.24, 2.45) is 0 Å². The summed E-state index contributed by atoms with van der Waals surface area (Å²) in [5.41, 5.74) is 2.65. The summed E-state index contributed by atoms with van der Waals surface area (Å²) in [7, 11) is 0. The largest absolute Gasteiger partial charge is 0.462 e. The van der Waals surface area contributed by atoms with Gasteiger partial charge in [-0.25, -0.2) is 9.78 Å². The number of hydrogen-bond acceptors (Lipinski definition) is 5. The summed E-state index contributed by atoms with van der Waals surface area (Å²) in [5, 5.41) is 4.33. The van der Waals surface area contributed by atoms with Crippen LogP contribution >= 0.6 is 33.9 Å². The van der Waals surface area contributed by atoms with E-state index in [2.05, 4.69) is 52.8 Å². The highest BCUT2D eigenvalue weighted by Crippen LogP contribution is 2.32. The van der Waals surface area contributed by atoms with Crippen molar-refractivity contribution in [2.45, 2.75) is 33.2 Å². The van der Waals surface area contributed by atoms with Crippen LogP contribution in [0.5, 0.6) is 0 Å². The summed E-state index contributed by atoms with van der Waals surface area (Å²) in [5.74, 6) is -0.290. The third kappa shape index (κ3) is 3.98. The molecule has 0 unspecified atom stereocenters. The standard InChI is InChI=1S/C18H20IN3O2S/c1-4-11(3)21-18-20-8-16(25-18)12-6-14(19)15-7-13(10-22(15)9-12)17(23)24-5-2/h6-11H,4-5H2,1-3H3,(H,20,21)/t11-/m1/s1. The third-order valence-electron chi connectivity index (χ3n) is 3.94. The molecule has 3 heterocycles. The zero-order chi connectivity index (χ0) is 18.0. The van der Waals surface area contributed by atoms with E-state index in [9.17, 15) is 4.79 Å². The number of rotatable bonds is 6.